The second-order valence-electron chi connectivity index (χ2n) is 8.73. The van der Waals surface area contributed by atoms with Gasteiger partial charge in [-0.15, -0.1) is 0 Å². The molecule has 0 N–H and O–H groups in total. The van der Waals surface area contributed by atoms with E-state index in [0.717, 1.165) is 27.7 Å². The van der Waals surface area contributed by atoms with Crippen LogP contribution in [0.25, 0.3) is 0 Å². The first-order chi connectivity index (χ1) is 17.5. The van der Waals surface area contributed by atoms with Gasteiger partial charge >= 0.3 is 0 Å². The molecule has 7 nitrogen and oxygen atoms in total. The predicted molar refractivity (Wildman–Crippen MR) is 145 cm³/mol. The van der Waals surface area contributed by atoms with Crippen molar-refractivity contribution in [1.29, 1.82) is 0 Å². The second kappa shape index (κ2) is 10.5. The maximum absolute atomic E-state index is 13.8. The van der Waals surface area contributed by atoms with Gasteiger partial charge in [0.1, 0.15) is 5.92 Å². The Morgan fingerprint density at radius 2 is 1.69 bits per heavy atom. The van der Waals surface area contributed by atoms with E-state index in [0.29, 0.717) is 23.8 Å². The number of hydrogen-bond donors (Lipinski definition) is 0. The minimum atomic E-state index is -0.926. The summed E-state index contributed by atoms with van der Waals surface area (Å²) in [7, 11) is 1.60. The average Bonchev–Trinajstić information content (AvgIpc) is 3.41. The average molecular weight is 598 g/mol. The van der Waals surface area contributed by atoms with Gasteiger partial charge in [-0.25, -0.2) is 9.96 Å². The number of rotatable bonds is 8. The van der Waals surface area contributed by atoms with Crippen molar-refractivity contribution < 1.29 is 23.9 Å². The van der Waals surface area contributed by atoms with Gasteiger partial charge in [0.2, 0.25) is 5.91 Å². The van der Waals surface area contributed by atoms with Gasteiger partial charge in [-0.05, 0) is 71.0 Å². The number of unbranched alkanes of at least 4 members (excludes halogenated alkanes) is 1. The fourth-order valence-corrected chi connectivity index (χ4v) is 5.37. The minimum absolute atomic E-state index is 0.278. The van der Waals surface area contributed by atoms with Gasteiger partial charge < -0.3 is 9.47 Å². The van der Waals surface area contributed by atoms with Crippen molar-refractivity contribution in [1.82, 2.24) is 0 Å². The fourth-order valence-electron chi connectivity index (χ4n) is 4.74. The van der Waals surface area contributed by atoms with Crippen LogP contribution in [0.5, 0.6) is 11.5 Å². The Labute approximate surface area is 224 Å². The van der Waals surface area contributed by atoms with Crippen molar-refractivity contribution in [3.8, 4) is 11.5 Å². The second-order valence-corrected chi connectivity index (χ2v) is 9.90. The number of hydrogen-bond acceptors (Lipinski definition) is 6. The Morgan fingerprint density at radius 1 is 0.944 bits per heavy atom. The molecule has 2 fully saturated rings. The Morgan fingerprint density at radius 3 is 2.42 bits per heavy atom. The largest absolute Gasteiger partial charge is 0.493 e. The van der Waals surface area contributed by atoms with E-state index in [1.54, 1.807) is 18.2 Å². The molecule has 0 spiro atoms. The highest BCUT2D eigenvalue weighted by molar-refractivity contribution is 14.1. The molecule has 0 radical (unpaired) electrons. The van der Waals surface area contributed by atoms with Crippen molar-refractivity contribution in [2.24, 2.45) is 5.92 Å². The number of nitrogens with zero attached hydrogens (tertiary/aromatic N) is 2. The molecule has 2 amide bonds. The highest BCUT2D eigenvalue weighted by Gasteiger charge is 2.60. The zero-order valence-corrected chi connectivity index (χ0v) is 22.3. The number of ether oxygens (including phenoxy) is 2. The van der Waals surface area contributed by atoms with E-state index in [4.69, 9.17) is 14.3 Å². The van der Waals surface area contributed by atoms with Gasteiger partial charge in [0.25, 0.3) is 5.91 Å². The lowest BCUT2D eigenvalue weighted by Gasteiger charge is -2.29. The van der Waals surface area contributed by atoms with Crippen LogP contribution in [0.1, 0.15) is 31.4 Å². The summed E-state index contributed by atoms with van der Waals surface area (Å²) in [6, 6.07) is 22.0. The van der Waals surface area contributed by atoms with Crippen LogP contribution in [0.2, 0.25) is 0 Å². The Bertz CT molecular complexity index is 1270. The summed E-state index contributed by atoms with van der Waals surface area (Å²) < 4.78 is 12.4. The molecule has 5 rings (SSSR count). The van der Waals surface area contributed by atoms with Gasteiger partial charge in [-0.1, -0.05) is 49.7 Å². The van der Waals surface area contributed by atoms with Crippen LogP contribution < -0.4 is 19.4 Å². The Balaban J connectivity index is 1.56. The smallest absolute Gasteiger partial charge is 0.266 e. The summed E-state index contributed by atoms with van der Waals surface area (Å²) in [6.45, 7) is 2.70. The maximum atomic E-state index is 13.8. The van der Waals surface area contributed by atoms with Crippen LogP contribution in [-0.4, -0.2) is 31.6 Å². The molecular formula is C28H27IN2O5. The summed E-state index contributed by atoms with van der Waals surface area (Å²) in [5, 5.41) is 1.69. The van der Waals surface area contributed by atoms with Gasteiger partial charge in [0.05, 0.1) is 31.1 Å². The molecule has 3 atom stereocenters. The number of carbonyl (C=O) groups is 2. The molecular weight excluding hydrogens is 571 g/mol. The van der Waals surface area contributed by atoms with E-state index in [2.05, 4.69) is 29.5 Å². The first kappa shape index (κ1) is 24.6. The molecule has 36 heavy (non-hydrogen) atoms. The quantitative estimate of drug-likeness (QED) is 0.193. The third-order valence-corrected chi connectivity index (χ3v) is 7.42. The lowest BCUT2D eigenvalue weighted by Crippen LogP contribution is -2.37. The van der Waals surface area contributed by atoms with Crippen molar-refractivity contribution in [3.05, 3.63) is 81.9 Å². The SMILES string of the molecule is CCCCOc1ccc([C@@H]2[C@@H]3C(=O)N(c4ccccc4I)C(=O)[C@H]3ON2c2ccccc2)cc1OC. The van der Waals surface area contributed by atoms with Gasteiger partial charge in [-0.2, -0.15) is 0 Å². The number of amides is 2. The molecule has 186 valence electrons. The maximum Gasteiger partial charge on any atom is 0.266 e. The highest BCUT2D eigenvalue weighted by Crippen LogP contribution is 2.49. The summed E-state index contributed by atoms with van der Waals surface area (Å²) in [5.41, 5.74) is 2.14. The van der Waals surface area contributed by atoms with E-state index in [-0.39, 0.29) is 11.8 Å². The molecule has 2 heterocycles. The van der Waals surface area contributed by atoms with Crippen molar-refractivity contribution in [2.45, 2.75) is 31.9 Å². The normalized spacial score (nSPS) is 21.1. The lowest BCUT2D eigenvalue weighted by molar-refractivity contribution is -0.126. The number of benzene rings is 3. The number of halogens is 1. The van der Waals surface area contributed by atoms with Gasteiger partial charge in [-0.3, -0.25) is 14.4 Å². The molecule has 3 aromatic rings. The lowest BCUT2D eigenvalue weighted by atomic mass is 9.90. The van der Waals surface area contributed by atoms with E-state index in [1.165, 1.54) is 4.90 Å². The molecule has 0 aliphatic carbocycles. The summed E-state index contributed by atoms with van der Waals surface area (Å²) in [4.78, 5) is 34.9. The topological polar surface area (TPSA) is 68.3 Å². The molecule has 8 heteroatoms. The van der Waals surface area contributed by atoms with Gasteiger partial charge in [0, 0.05) is 3.57 Å². The highest BCUT2D eigenvalue weighted by atomic mass is 127. The number of hydroxylamine groups is 1. The van der Waals surface area contributed by atoms with Crippen LogP contribution >= 0.6 is 22.6 Å². The first-order valence-corrected chi connectivity index (χ1v) is 13.1. The molecule has 3 aromatic carbocycles. The molecule has 0 bridgehead atoms. The summed E-state index contributed by atoms with van der Waals surface area (Å²) >= 11 is 2.14. The monoisotopic (exact) mass is 598 g/mol. The van der Waals surface area contributed by atoms with E-state index >= 15 is 0 Å². The first-order valence-electron chi connectivity index (χ1n) is 12.0. The zero-order chi connectivity index (χ0) is 25.2. The number of fused-ring (bicyclic) bond motifs is 1. The molecule has 0 aromatic heterocycles. The summed E-state index contributed by atoms with van der Waals surface area (Å²) in [5.74, 6) is -0.133. The van der Waals surface area contributed by atoms with E-state index < -0.39 is 18.1 Å². The predicted octanol–water partition coefficient (Wildman–Crippen LogP) is 5.53. The van der Waals surface area contributed by atoms with E-state index in [1.807, 2.05) is 66.7 Å². The number of carbonyl (C=O) groups excluding carboxylic acids is 2. The van der Waals surface area contributed by atoms with E-state index in [9.17, 15) is 9.59 Å². The Hall–Kier alpha value is -3.11. The van der Waals surface area contributed by atoms with Crippen LogP contribution in [0.3, 0.4) is 0 Å². The molecule has 2 aliphatic rings. The Kier molecular flexibility index (Phi) is 7.15. The molecule has 0 saturated carbocycles. The molecule has 2 saturated heterocycles. The van der Waals surface area contributed by atoms with Crippen LogP contribution in [0.15, 0.2) is 72.8 Å². The van der Waals surface area contributed by atoms with Crippen molar-refractivity contribution in [2.75, 3.05) is 23.7 Å². The molecule has 2 aliphatic heterocycles. The minimum Gasteiger partial charge on any atom is -0.493 e. The number of methoxy groups -OCH3 is 1. The number of para-hydroxylation sites is 2. The van der Waals surface area contributed by atoms with Gasteiger partial charge in [0.15, 0.2) is 17.6 Å². The van der Waals surface area contributed by atoms with Crippen LogP contribution in [-0.2, 0) is 14.4 Å². The molecule has 0 unspecified atom stereocenters. The standard InChI is InChI=1S/C28H27IN2O5/c1-3-4-16-35-22-15-14-18(17-23(22)34-2)25-24-26(36-31(25)19-10-6-5-7-11-19)28(33)30(27(24)32)21-13-9-8-12-20(21)29/h5-15,17,24-26H,3-4,16H2,1-2H3/t24-,25+,26-/m0/s1. The van der Waals surface area contributed by atoms with Crippen molar-refractivity contribution in [3.63, 3.8) is 0 Å². The zero-order valence-electron chi connectivity index (χ0n) is 20.1. The van der Waals surface area contributed by atoms with Crippen LogP contribution in [0, 0.1) is 9.49 Å². The van der Waals surface area contributed by atoms with Crippen LogP contribution in [0.4, 0.5) is 11.4 Å². The van der Waals surface area contributed by atoms with Crippen molar-refractivity contribution >= 4 is 45.8 Å². The number of imide groups is 1. The third-order valence-electron chi connectivity index (χ3n) is 6.50. The fraction of sp³-hybridized carbons (Fsp3) is 0.286. The summed E-state index contributed by atoms with van der Waals surface area (Å²) in [6.07, 6.45) is 1.05. The number of anilines is 2. The third kappa shape index (κ3) is 4.32.